The minimum Gasteiger partial charge on any atom is -0.353 e. The molecule has 1 saturated carbocycles. The normalized spacial score (nSPS) is 28.8. The molecule has 2 heteroatoms. The molecule has 1 fully saturated rings. The molecular weight excluding hydrogens is 150 g/mol. The fourth-order valence-electron chi connectivity index (χ4n) is 1.87. The van der Waals surface area contributed by atoms with Gasteiger partial charge >= 0.3 is 0 Å². The fourth-order valence-corrected chi connectivity index (χ4v) is 1.87. The second-order valence-corrected chi connectivity index (χ2v) is 3.93. The van der Waals surface area contributed by atoms with Crippen LogP contribution in [-0.4, -0.2) is 11.9 Å². The monoisotopic (exact) mass is 169 g/mol. The number of amides is 1. The summed E-state index contributed by atoms with van der Waals surface area (Å²) < 4.78 is 0. The van der Waals surface area contributed by atoms with Crippen LogP contribution in [0.2, 0.25) is 0 Å². The third-order valence-electron chi connectivity index (χ3n) is 2.54. The highest BCUT2D eigenvalue weighted by Crippen LogP contribution is 2.24. The third-order valence-corrected chi connectivity index (χ3v) is 2.54. The highest BCUT2D eigenvalue weighted by molar-refractivity contribution is 5.76. The molecule has 0 aliphatic heterocycles. The Morgan fingerprint density at radius 3 is 2.75 bits per heavy atom. The summed E-state index contributed by atoms with van der Waals surface area (Å²) in [7, 11) is 0. The predicted molar refractivity (Wildman–Crippen MR) is 49.9 cm³/mol. The van der Waals surface area contributed by atoms with Crippen LogP contribution in [0.25, 0.3) is 0 Å². The second kappa shape index (κ2) is 4.48. The van der Waals surface area contributed by atoms with Gasteiger partial charge < -0.3 is 5.32 Å². The Morgan fingerprint density at radius 2 is 2.25 bits per heavy atom. The van der Waals surface area contributed by atoms with Crippen LogP contribution >= 0.6 is 0 Å². The Bertz CT molecular complexity index is 156. The summed E-state index contributed by atoms with van der Waals surface area (Å²) >= 11 is 0. The van der Waals surface area contributed by atoms with Crippen LogP contribution in [0.5, 0.6) is 0 Å². The molecule has 0 heterocycles. The summed E-state index contributed by atoms with van der Waals surface area (Å²) in [5.74, 6) is 1.04. The molecule has 1 aliphatic carbocycles. The maximum atomic E-state index is 11.2. The van der Waals surface area contributed by atoms with E-state index < -0.39 is 0 Å². The molecule has 2 nitrogen and oxygen atoms in total. The largest absolute Gasteiger partial charge is 0.353 e. The zero-order valence-electron chi connectivity index (χ0n) is 8.10. The molecule has 0 aromatic carbocycles. The first kappa shape index (κ1) is 9.56. The fraction of sp³-hybridized carbons (Fsp3) is 0.900. The maximum Gasteiger partial charge on any atom is 0.220 e. The molecule has 0 radical (unpaired) electrons. The average molecular weight is 169 g/mol. The lowest BCUT2D eigenvalue weighted by atomic mass is 10.1. The number of hydrogen-bond donors (Lipinski definition) is 1. The smallest absolute Gasteiger partial charge is 0.220 e. The topological polar surface area (TPSA) is 29.1 Å². The van der Waals surface area contributed by atoms with E-state index >= 15 is 0 Å². The predicted octanol–water partition coefficient (Wildman–Crippen LogP) is 2.09. The van der Waals surface area contributed by atoms with Gasteiger partial charge in [-0.05, 0) is 31.6 Å². The number of carbonyl (C=O) groups excluding carboxylic acids is 1. The molecule has 0 saturated heterocycles. The van der Waals surface area contributed by atoms with Crippen molar-refractivity contribution in [1.29, 1.82) is 0 Å². The first-order chi connectivity index (χ1) is 5.72. The van der Waals surface area contributed by atoms with Crippen molar-refractivity contribution in [2.24, 2.45) is 5.92 Å². The van der Waals surface area contributed by atoms with Gasteiger partial charge in [0.25, 0.3) is 0 Å². The van der Waals surface area contributed by atoms with E-state index in [0.29, 0.717) is 12.5 Å². The lowest BCUT2D eigenvalue weighted by Crippen LogP contribution is -2.32. The molecule has 70 valence electrons. The van der Waals surface area contributed by atoms with Crippen molar-refractivity contribution in [3.05, 3.63) is 0 Å². The van der Waals surface area contributed by atoms with Gasteiger partial charge in [0.05, 0.1) is 0 Å². The van der Waals surface area contributed by atoms with Crippen LogP contribution in [0, 0.1) is 5.92 Å². The molecule has 1 N–H and O–H groups in total. The lowest BCUT2D eigenvalue weighted by molar-refractivity contribution is -0.121. The average Bonchev–Trinajstić information content (AvgIpc) is 2.36. The minimum atomic E-state index is 0.233. The first-order valence-corrected chi connectivity index (χ1v) is 5.01. The zero-order valence-corrected chi connectivity index (χ0v) is 8.10. The summed E-state index contributed by atoms with van der Waals surface area (Å²) in [5.41, 5.74) is 0. The number of rotatable bonds is 3. The molecule has 1 aliphatic rings. The quantitative estimate of drug-likeness (QED) is 0.688. The van der Waals surface area contributed by atoms with E-state index in [2.05, 4.69) is 12.2 Å². The zero-order chi connectivity index (χ0) is 8.97. The number of nitrogens with one attached hydrogen (secondary N) is 1. The molecule has 1 rings (SSSR count). The molecule has 0 spiro atoms. The summed E-state index contributed by atoms with van der Waals surface area (Å²) in [6, 6.07) is 0.471. The highest BCUT2D eigenvalue weighted by atomic mass is 16.1. The van der Waals surface area contributed by atoms with Gasteiger partial charge in [-0.15, -0.1) is 0 Å². The van der Waals surface area contributed by atoms with Crippen LogP contribution in [0.3, 0.4) is 0 Å². The van der Waals surface area contributed by atoms with E-state index in [1.165, 1.54) is 19.3 Å². The van der Waals surface area contributed by atoms with Gasteiger partial charge in [-0.2, -0.15) is 0 Å². The Morgan fingerprint density at radius 1 is 1.50 bits per heavy atom. The lowest BCUT2D eigenvalue weighted by Gasteiger charge is -2.11. The van der Waals surface area contributed by atoms with E-state index in [1.807, 2.05) is 6.92 Å². The van der Waals surface area contributed by atoms with Crippen molar-refractivity contribution in [1.82, 2.24) is 5.32 Å². The van der Waals surface area contributed by atoms with Crippen LogP contribution in [-0.2, 0) is 4.79 Å². The van der Waals surface area contributed by atoms with Crippen LogP contribution in [0.4, 0.5) is 0 Å². The van der Waals surface area contributed by atoms with Gasteiger partial charge in [0, 0.05) is 12.5 Å². The van der Waals surface area contributed by atoms with Gasteiger partial charge in [0.1, 0.15) is 0 Å². The van der Waals surface area contributed by atoms with Crippen LogP contribution in [0.1, 0.15) is 46.0 Å². The maximum absolute atomic E-state index is 11.2. The summed E-state index contributed by atoms with van der Waals surface area (Å²) in [6.07, 6.45) is 5.27. The number of carbonyl (C=O) groups is 1. The Labute approximate surface area is 74.7 Å². The second-order valence-electron chi connectivity index (χ2n) is 3.93. The van der Waals surface area contributed by atoms with E-state index in [1.54, 1.807) is 0 Å². The Balaban J connectivity index is 2.18. The third kappa shape index (κ3) is 2.84. The van der Waals surface area contributed by atoms with E-state index in [-0.39, 0.29) is 5.91 Å². The molecule has 0 aromatic rings. The van der Waals surface area contributed by atoms with E-state index in [0.717, 1.165) is 12.3 Å². The van der Waals surface area contributed by atoms with Gasteiger partial charge in [-0.25, -0.2) is 0 Å². The molecule has 2 atom stereocenters. The Kier molecular flexibility index (Phi) is 3.57. The van der Waals surface area contributed by atoms with Crippen molar-refractivity contribution >= 4 is 5.91 Å². The molecule has 0 aromatic heterocycles. The summed E-state index contributed by atoms with van der Waals surface area (Å²) in [4.78, 5) is 11.2. The first-order valence-electron chi connectivity index (χ1n) is 5.01. The van der Waals surface area contributed by atoms with Crippen LogP contribution in [0.15, 0.2) is 0 Å². The molecule has 2 unspecified atom stereocenters. The van der Waals surface area contributed by atoms with Gasteiger partial charge in [-0.3, -0.25) is 4.79 Å². The highest BCUT2D eigenvalue weighted by Gasteiger charge is 2.21. The van der Waals surface area contributed by atoms with E-state index in [4.69, 9.17) is 0 Å². The van der Waals surface area contributed by atoms with Gasteiger partial charge in [0.2, 0.25) is 5.91 Å². The molecule has 0 bridgehead atoms. The molecule has 12 heavy (non-hydrogen) atoms. The summed E-state index contributed by atoms with van der Waals surface area (Å²) in [5, 5.41) is 3.07. The Hall–Kier alpha value is -0.530. The SMILES string of the molecule is CCCC(=O)NC1CCC(C)C1. The van der Waals surface area contributed by atoms with Crippen molar-refractivity contribution in [3.8, 4) is 0 Å². The van der Waals surface area contributed by atoms with Crippen molar-refractivity contribution in [2.75, 3.05) is 0 Å². The van der Waals surface area contributed by atoms with Crippen LogP contribution < -0.4 is 5.32 Å². The minimum absolute atomic E-state index is 0.233. The van der Waals surface area contributed by atoms with Crippen molar-refractivity contribution in [2.45, 2.75) is 52.0 Å². The van der Waals surface area contributed by atoms with Gasteiger partial charge in [0.15, 0.2) is 0 Å². The standard InChI is InChI=1S/C10H19NO/c1-3-4-10(12)11-9-6-5-8(2)7-9/h8-9H,3-7H2,1-2H3,(H,11,12). The van der Waals surface area contributed by atoms with Crippen molar-refractivity contribution < 1.29 is 4.79 Å². The van der Waals surface area contributed by atoms with Crippen molar-refractivity contribution in [3.63, 3.8) is 0 Å². The molecular formula is C10H19NO. The summed E-state index contributed by atoms with van der Waals surface area (Å²) in [6.45, 7) is 4.29. The number of hydrogen-bond acceptors (Lipinski definition) is 1. The van der Waals surface area contributed by atoms with E-state index in [9.17, 15) is 4.79 Å². The molecule has 1 amide bonds. The van der Waals surface area contributed by atoms with Gasteiger partial charge in [-0.1, -0.05) is 13.8 Å².